The van der Waals surface area contributed by atoms with Gasteiger partial charge in [-0.15, -0.1) is 0 Å². The van der Waals surface area contributed by atoms with Crippen LogP contribution in [0.5, 0.6) is 0 Å². The summed E-state index contributed by atoms with van der Waals surface area (Å²) in [6.45, 7) is 2.14. The number of rotatable bonds is 2. The number of hydrogen-bond acceptors (Lipinski definition) is 2. The summed E-state index contributed by atoms with van der Waals surface area (Å²) >= 11 is 6.71. The molecule has 6 aromatic rings. The molecule has 3 heteroatoms. The topological polar surface area (TPSA) is 25.8 Å². The fourth-order valence-corrected chi connectivity index (χ4v) is 4.68. The van der Waals surface area contributed by atoms with Crippen LogP contribution in [0.25, 0.3) is 55.1 Å². The Morgan fingerprint density at radius 1 is 0.531 bits per heavy atom. The normalized spacial score (nSPS) is 11.4. The quantitative estimate of drug-likeness (QED) is 0.258. The number of benzene rings is 4. The van der Waals surface area contributed by atoms with E-state index in [1.165, 1.54) is 5.56 Å². The van der Waals surface area contributed by atoms with Crippen LogP contribution in [-0.2, 0) is 0 Å². The van der Waals surface area contributed by atoms with Crippen molar-refractivity contribution in [3.63, 3.8) is 0 Å². The fraction of sp³-hybridized carbons (Fsp3) is 0.0345. The summed E-state index contributed by atoms with van der Waals surface area (Å²) in [6.07, 6.45) is 0. The first-order valence-electron chi connectivity index (χ1n) is 10.6. The van der Waals surface area contributed by atoms with Gasteiger partial charge in [0.15, 0.2) is 0 Å². The van der Waals surface area contributed by atoms with E-state index >= 15 is 0 Å². The third kappa shape index (κ3) is 3.04. The Labute approximate surface area is 191 Å². The Hall–Kier alpha value is -3.75. The second-order valence-electron chi connectivity index (χ2n) is 8.06. The Bertz CT molecular complexity index is 1500. The van der Waals surface area contributed by atoms with Gasteiger partial charge in [0, 0.05) is 32.7 Å². The summed E-state index contributed by atoms with van der Waals surface area (Å²) in [5, 5.41) is 4.96. The second kappa shape index (κ2) is 7.44. The van der Waals surface area contributed by atoms with Gasteiger partial charge < -0.3 is 0 Å². The van der Waals surface area contributed by atoms with E-state index in [2.05, 4.69) is 61.5 Å². The summed E-state index contributed by atoms with van der Waals surface area (Å²) in [4.78, 5) is 10.1. The van der Waals surface area contributed by atoms with Crippen molar-refractivity contribution in [1.29, 1.82) is 0 Å². The van der Waals surface area contributed by atoms with Crippen LogP contribution in [0.2, 0.25) is 5.02 Å². The zero-order chi connectivity index (χ0) is 21.7. The average Bonchev–Trinajstić information content (AvgIpc) is 2.84. The maximum absolute atomic E-state index is 6.71. The number of hydrogen-bond donors (Lipinski definition) is 0. The molecular weight excluding hydrogens is 412 g/mol. The van der Waals surface area contributed by atoms with E-state index < -0.39 is 0 Å². The molecule has 0 aliphatic rings. The Kier molecular flexibility index (Phi) is 4.41. The van der Waals surface area contributed by atoms with Gasteiger partial charge in [-0.05, 0) is 24.6 Å². The molecule has 2 aromatic heterocycles. The molecule has 0 N–H and O–H groups in total. The highest BCUT2D eigenvalue weighted by Gasteiger charge is 2.13. The van der Waals surface area contributed by atoms with Gasteiger partial charge in [-0.25, -0.2) is 9.97 Å². The minimum Gasteiger partial charge on any atom is -0.247 e. The van der Waals surface area contributed by atoms with Crippen molar-refractivity contribution < 1.29 is 0 Å². The van der Waals surface area contributed by atoms with E-state index in [0.717, 1.165) is 55.1 Å². The molecule has 6 rings (SSSR count). The summed E-state index contributed by atoms with van der Waals surface area (Å²) in [5.41, 5.74) is 7.12. The molecule has 0 saturated carbocycles. The first-order chi connectivity index (χ1) is 15.7. The van der Waals surface area contributed by atoms with Crippen molar-refractivity contribution in [3.05, 3.63) is 108 Å². The lowest BCUT2D eigenvalue weighted by Gasteiger charge is -2.12. The third-order valence-electron chi connectivity index (χ3n) is 6.05. The molecule has 0 bridgehead atoms. The number of fused-ring (bicyclic) bond motifs is 5. The van der Waals surface area contributed by atoms with Gasteiger partial charge in [-0.1, -0.05) is 96.5 Å². The largest absolute Gasteiger partial charge is 0.247 e. The minimum atomic E-state index is 0.707. The molecule has 0 unspecified atom stereocenters. The van der Waals surface area contributed by atoms with Crippen molar-refractivity contribution in [2.24, 2.45) is 0 Å². The SMILES string of the molecule is Cc1cc(-c2ccccc2)nc2c1ccc1c2ccc2c(Cl)cc(-c3ccccc3)nc21. The lowest BCUT2D eigenvalue weighted by atomic mass is 9.98. The maximum atomic E-state index is 6.71. The molecular formula is C29H19ClN2. The summed E-state index contributed by atoms with van der Waals surface area (Å²) in [5.74, 6) is 0. The van der Waals surface area contributed by atoms with E-state index in [4.69, 9.17) is 21.6 Å². The summed E-state index contributed by atoms with van der Waals surface area (Å²) in [7, 11) is 0. The second-order valence-corrected chi connectivity index (χ2v) is 8.47. The van der Waals surface area contributed by atoms with E-state index in [1.54, 1.807) is 0 Å². The highest BCUT2D eigenvalue weighted by Crippen LogP contribution is 2.36. The molecule has 0 fully saturated rings. The monoisotopic (exact) mass is 430 g/mol. The molecule has 2 heterocycles. The number of nitrogens with zero attached hydrogens (tertiary/aromatic N) is 2. The molecule has 4 aromatic carbocycles. The Balaban J connectivity index is 1.68. The van der Waals surface area contributed by atoms with E-state index in [0.29, 0.717) is 5.02 Å². The minimum absolute atomic E-state index is 0.707. The number of aromatic nitrogens is 2. The molecule has 0 radical (unpaired) electrons. The van der Waals surface area contributed by atoms with Crippen molar-refractivity contribution >= 4 is 44.2 Å². The summed E-state index contributed by atoms with van der Waals surface area (Å²) < 4.78 is 0. The van der Waals surface area contributed by atoms with Crippen LogP contribution in [0.4, 0.5) is 0 Å². The number of halogens is 1. The van der Waals surface area contributed by atoms with Crippen LogP contribution in [0.15, 0.2) is 97.1 Å². The van der Waals surface area contributed by atoms with Crippen molar-refractivity contribution in [3.8, 4) is 22.5 Å². The standard InChI is InChI=1S/C29H19ClN2/c1-18-16-26(19-8-4-2-5-9-19)31-28-21(18)12-13-23-22(28)14-15-24-25(30)17-27(32-29(23)24)20-10-6-3-7-11-20/h2-17H,1H3. The van der Waals surface area contributed by atoms with Crippen LogP contribution >= 0.6 is 11.6 Å². The molecule has 0 aliphatic carbocycles. The first kappa shape index (κ1) is 19.0. The average molecular weight is 431 g/mol. The highest BCUT2D eigenvalue weighted by atomic mass is 35.5. The predicted molar refractivity (Wildman–Crippen MR) is 135 cm³/mol. The fourth-order valence-electron chi connectivity index (χ4n) is 4.43. The van der Waals surface area contributed by atoms with E-state index in [1.807, 2.05) is 42.5 Å². The lowest BCUT2D eigenvalue weighted by molar-refractivity contribution is 1.37. The van der Waals surface area contributed by atoms with Crippen LogP contribution in [0, 0.1) is 6.92 Å². The molecule has 152 valence electrons. The third-order valence-corrected chi connectivity index (χ3v) is 6.36. The predicted octanol–water partition coefficient (Wildman–Crippen LogP) is 8.23. The van der Waals surface area contributed by atoms with E-state index in [-0.39, 0.29) is 0 Å². The molecule has 32 heavy (non-hydrogen) atoms. The zero-order valence-corrected chi connectivity index (χ0v) is 18.3. The number of pyridine rings is 2. The summed E-state index contributed by atoms with van der Waals surface area (Å²) in [6, 6.07) is 33.1. The van der Waals surface area contributed by atoms with E-state index in [9.17, 15) is 0 Å². The van der Waals surface area contributed by atoms with Gasteiger partial charge in [-0.3, -0.25) is 0 Å². The molecule has 0 aliphatic heterocycles. The van der Waals surface area contributed by atoms with Crippen molar-refractivity contribution in [1.82, 2.24) is 9.97 Å². The maximum Gasteiger partial charge on any atom is 0.0803 e. The molecule has 0 spiro atoms. The smallest absolute Gasteiger partial charge is 0.0803 e. The van der Waals surface area contributed by atoms with Crippen molar-refractivity contribution in [2.75, 3.05) is 0 Å². The van der Waals surface area contributed by atoms with Gasteiger partial charge in [-0.2, -0.15) is 0 Å². The molecule has 2 nitrogen and oxygen atoms in total. The number of aryl methyl sites for hydroxylation is 1. The van der Waals surface area contributed by atoms with Gasteiger partial charge in [0.2, 0.25) is 0 Å². The molecule has 0 atom stereocenters. The molecule has 0 saturated heterocycles. The van der Waals surface area contributed by atoms with Crippen LogP contribution in [0.3, 0.4) is 0 Å². The Morgan fingerprint density at radius 3 is 1.59 bits per heavy atom. The van der Waals surface area contributed by atoms with Gasteiger partial charge >= 0.3 is 0 Å². The first-order valence-corrected chi connectivity index (χ1v) is 11.0. The van der Waals surface area contributed by atoms with Crippen molar-refractivity contribution in [2.45, 2.75) is 6.92 Å². The lowest BCUT2D eigenvalue weighted by Crippen LogP contribution is -1.92. The van der Waals surface area contributed by atoms with Gasteiger partial charge in [0.1, 0.15) is 0 Å². The molecule has 0 amide bonds. The Morgan fingerprint density at radius 2 is 1.00 bits per heavy atom. The van der Waals surface area contributed by atoms with Crippen LogP contribution in [0.1, 0.15) is 5.56 Å². The van der Waals surface area contributed by atoms with Crippen LogP contribution in [-0.4, -0.2) is 9.97 Å². The van der Waals surface area contributed by atoms with Gasteiger partial charge in [0.05, 0.1) is 27.4 Å². The zero-order valence-electron chi connectivity index (χ0n) is 17.5. The van der Waals surface area contributed by atoms with Gasteiger partial charge in [0.25, 0.3) is 0 Å². The van der Waals surface area contributed by atoms with Crippen LogP contribution < -0.4 is 0 Å². The highest BCUT2D eigenvalue weighted by molar-refractivity contribution is 6.36.